The summed E-state index contributed by atoms with van der Waals surface area (Å²) in [7, 11) is 0. The Morgan fingerprint density at radius 2 is 2.07 bits per heavy atom. The number of benzene rings is 1. The number of rotatable bonds is 4. The fourth-order valence-corrected chi connectivity index (χ4v) is 1.84. The number of phenolic OH excluding ortho intramolecular Hbond substituents is 1. The molecule has 0 bridgehead atoms. The smallest absolute Gasteiger partial charge is 0.115 e. The molecule has 0 aromatic heterocycles. The lowest BCUT2D eigenvalue weighted by Crippen LogP contribution is -2.21. The van der Waals surface area contributed by atoms with E-state index in [0.29, 0.717) is 13.0 Å². The third kappa shape index (κ3) is 3.22. The third-order valence-corrected chi connectivity index (χ3v) is 2.68. The number of aliphatic hydroxyl groups excluding tert-OH is 1. The number of nitrogens with two attached hydrogens (primary N) is 1. The zero-order valence-corrected chi connectivity index (χ0v) is 9.27. The van der Waals surface area contributed by atoms with Crippen molar-refractivity contribution in [2.24, 2.45) is 5.73 Å². The first-order chi connectivity index (χ1) is 7.04. The molecule has 4 N–H and O–H groups in total. The number of aryl methyl sites for hydroxylation is 1. The molecule has 3 heteroatoms. The molecule has 0 heterocycles. The second kappa shape index (κ2) is 5.14. The van der Waals surface area contributed by atoms with Crippen molar-refractivity contribution in [1.29, 1.82) is 0 Å². The van der Waals surface area contributed by atoms with Gasteiger partial charge in [-0.2, -0.15) is 0 Å². The predicted octanol–water partition coefficient (Wildman–Crippen LogP) is 1.51. The molecule has 0 fully saturated rings. The van der Waals surface area contributed by atoms with Crippen LogP contribution in [0, 0.1) is 6.92 Å². The monoisotopic (exact) mass is 209 g/mol. The van der Waals surface area contributed by atoms with Crippen molar-refractivity contribution in [3.63, 3.8) is 0 Å². The lowest BCUT2D eigenvalue weighted by molar-refractivity contribution is 0.165. The van der Waals surface area contributed by atoms with Crippen molar-refractivity contribution < 1.29 is 10.2 Å². The fraction of sp³-hybridized carbons (Fsp3) is 0.500. The van der Waals surface area contributed by atoms with Crippen molar-refractivity contribution in [2.75, 3.05) is 6.54 Å². The summed E-state index contributed by atoms with van der Waals surface area (Å²) in [4.78, 5) is 0. The Morgan fingerprint density at radius 3 is 2.60 bits per heavy atom. The molecule has 0 saturated heterocycles. The van der Waals surface area contributed by atoms with Gasteiger partial charge in [0.15, 0.2) is 0 Å². The molecular weight excluding hydrogens is 190 g/mol. The van der Waals surface area contributed by atoms with Gasteiger partial charge in [0.1, 0.15) is 5.75 Å². The summed E-state index contributed by atoms with van der Waals surface area (Å²) >= 11 is 0. The number of hydrogen-bond acceptors (Lipinski definition) is 3. The minimum absolute atomic E-state index is 0.254. The van der Waals surface area contributed by atoms with Crippen molar-refractivity contribution in [3.05, 3.63) is 29.3 Å². The summed E-state index contributed by atoms with van der Waals surface area (Å²) < 4.78 is 0. The Morgan fingerprint density at radius 1 is 1.40 bits per heavy atom. The average molecular weight is 209 g/mol. The quantitative estimate of drug-likeness (QED) is 0.704. The molecule has 0 aliphatic rings. The Hall–Kier alpha value is -1.06. The highest BCUT2D eigenvalue weighted by Gasteiger charge is 2.12. The van der Waals surface area contributed by atoms with Crippen LogP contribution in [0.1, 0.15) is 30.4 Å². The highest BCUT2D eigenvalue weighted by atomic mass is 16.3. The average Bonchev–Trinajstić information content (AvgIpc) is 2.17. The van der Waals surface area contributed by atoms with Gasteiger partial charge in [0.25, 0.3) is 0 Å². The lowest BCUT2D eigenvalue weighted by Gasteiger charge is -2.17. The van der Waals surface area contributed by atoms with Crippen LogP contribution in [0.3, 0.4) is 0 Å². The zero-order chi connectivity index (χ0) is 11.4. The van der Waals surface area contributed by atoms with Crippen LogP contribution < -0.4 is 5.73 Å². The molecule has 2 unspecified atom stereocenters. The minimum Gasteiger partial charge on any atom is -0.508 e. The summed E-state index contributed by atoms with van der Waals surface area (Å²) in [5.41, 5.74) is 7.57. The van der Waals surface area contributed by atoms with Crippen LogP contribution in [0.15, 0.2) is 18.2 Å². The van der Waals surface area contributed by atoms with Crippen LogP contribution in [0.25, 0.3) is 0 Å². The van der Waals surface area contributed by atoms with Crippen molar-refractivity contribution >= 4 is 0 Å². The number of aliphatic hydroxyl groups is 1. The van der Waals surface area contributed by atoms with E-state index in [1.165, 1.54) is 0 Å². The van der Waals surface area contributed by atoms with E-state index in [2.05, 4.69) is 6.92 Å². The van der Waals surface area contributed by atoms with Gasteiger partial charge in [-0.25, -0.2) is 0 Å². The minimum atomic E-state index is -0.451. The number of aromatic hydroxyl groups is 1. The predicted molar refractivity (Wildman–Crippen MR) is 60.9 cm³/mol. The van der Waals surface area contributed by atoms with Crippen LogP contribution >= 0.6 is 0 Å². The maximum atomic E-state index is 9.46. The van der Waals surface area contributed by atoms with Crippen LogP contribution in [0.4, 0.5) is 0 Å². The van der Waals surface area contributed by atoms with E-state index >= 15 is 0 Å². The molecule has 2 atom stereocenters. The van der Waals surface area contributed by atoms with Gasteiger partial charge in [-0.15, -0.1) is 0 Å². The Kier molecular flexibility index (Phi) is 4.12. The van der Waals surface area contributed by atoms with Crippen LogP contribution in [-0.2, 0) is 0 Å². The second-order valence-electron chi connectivity index (χ2n) is 4.07. The fourth-order valence-electron chi connectivity index (χ4n) is 1.84. The second-order valence-corrected chi connectivity index (χ2v) is 4.07. The molecule has 84 valence electrons. The molecule has 0 amide bonds. The molecule has 15 heavy (non-hydrogen) atoms. The summed E-state index contributed by atoms with van der Waals surface area (Å²) in [6.07, 6.45) is 0.204. The maximum absolute atomic E-state index is 9.46. The van der Waals surface area contributed by atoms with Gasteiger partial charge in [0.2, 0.25) is 0 Å². The molecule has 0 radical (unpaired) electrons. The topological polar surface area (TPSA) is 66.5 Å². The highest BCUT2D eigenvalue weighted by molar-refractivity contribution is 5.35. The Balaban J connectivity index is 2.77. The molecule has 0 aliphatic carbocycles. The highest BCUT2D eigenvalue weighted by Crippen LogP contribution is 2.26. The molecule has 1 aromatic carbocycles. The van der Waals surface area contributed by atoms with E-state index in [4.69, 9.17) is 5.73 Å². The van der Waals surface area contributed by atoms with Crippen LogP contribution in [0.5, 0.6) is 5.75 Å². The van der Waals surface area contributed by atoms with Crippen LogP contribution in [0.2, 0.25) is 0 Å². The van der Waals surface area contributed by atoms with Gasteiger partial charge < -0.3 is 15.9 Å². The number of hydrogen-bond donors (Lipinski definition) is 3. The van der Waals surface area contributed by atoms with Crippen molar-refractivity contribution in [3.8, 4) is 5.75 Å². The summed E-state index contributed by atoms with van der Waals surface area (Å²) in [6.45, 7) is 4.31. The zero-order valence-electron chi connectivity index (χ0n) is 9.27. The largest absolute Gasteiger partial charge is 0.508 e. The molecule has 3 nitrogen and oxygen atoms in total. The third-order valence-electron chi connectivity index (χ3n) is 2.68. The first kappa shape index (κ1) is 12.0. The molecule has 1 aromatic rings. The normalized spacial score (nSPS) is 14.9. The van der Waals surface area contributed by atoms with Crippen LogP contribution in [-0.4, -0.2) is 22.9 Å². The first-order valence-corrected chi connectivity index (χ1v) is 5.22. The van der Waals surface area contributed by atoms with Gasteiger partial charge in [0.05, 0.1) is 6.10 Å². The summed E-state index contributed by atoms with van der Waals surface area (Å²) in [5.74, 6) is 0.534. The van der Waals surface area contributed by atoms with Gasteiger partial charge in [-0.05, 0) is 42.5 Å². The SMILES string of the molecule is Cc1cc(O)ccc1C(C)CC(O)CN. The Bertz CT molecular complexity index is 325. The maximum Gasteiger partial charge on any atom is 0.115 e. The van der Waals surface area contributed by atoms with Gasteiger partial charge in [-0.1, -0.05) is 13.0 Å². The van der Waals surface area contributed by atoms with Gasteiger partial charge >= 0.3 is 0 Å². The van der Waals surface area contributed by atoms with Crippen molar-refractivity contribution in [1.82, 2.24) is 0 Å². The lowest BCUT2D eigenvalue weighted by atomic mass is 9.91. The molecule has 0 saturated carbocycles. The van der Waals surface area contributed by atoms with Crippen molar-refractivity contribution in [2.45, 2.75) is 32.3 Å². The number of phenols is 1. The Labute approximate surface area is 90.5 Å². The van der Waals surface area contributed by atoms with E-state index in [0.717, 1.165) is 11.1 Å². The van der Waals surface area contributed by atoms with E-state index in [1.807, 2.05) is 13.0 Å². The van der Waals surface area contributed by atoms with E-state index in [1.54, 1.807) is 12.1 Å². The van der Waals surface area contributed by atoms with E-state index in [9.17, 15) is 10.2 Å². The molecular formula is C12H19NO2. The summed E-state index contributed by atoms with van der Waals surface area (Å²) in [5, 5.41) is 18.7. The molecule has 0 spiro atoms. The van der Waals surface area contributed by atoms with Gasteiger partial charge in [-0.3, -0.25) is 0 Å². The molecule has 1 rings (SSSR count). The van der Waals surface area contributed by atoms with E-state index in [-0.39, 0.29) is 11.7 Å². The first-order valence-electron chi connectivity index (χ1n) is 5.22. The summed E-state index contributed by atoms with van der Waals surface area (Å²) in [6, 6.07) is 5.31. The standard InChI is InChI=1S/C12H19NO2/c1-8-5-10(14)3-4-12(8)9(2)6-11(15)7-13/h3-5,9,11,14-15H,6-7,13H2,1-2H3. The molecule has 0 aliphatic heterocycles. The van der Waals surface area contributed by atoms with Gasteiger partial charge in [0, 0.05) is 6.54 Å². The van der Waals surface area contributed by atoms with E-state index < -0.39 is 6.10 Å².